The van der Waals surface area contributed by atoms with E-state index in [4.69, 9.17) is 4.98 Å². The number of aliphatic hydroxyl groups is 1. The molecule has 5 rings (SSSR count). The van der Waals surface area contributed by atoms with Crippen LogP contribution in [0.15, 0.2) is 73.2 Å². The zero-order valence-electron chi connectivity index (χ0n) is 22.9. The normalized spacial score (nSPS) is 18.3. The van der Waals surface area contributed by atoms with Crippen molar-refractivity contribution >= 4 is 5.91 Å². The van der Waals surface area contributed by atoms with E-state index in [9.17, 15) is 9.90 Å². The van der Waals surface area contributed by atoms with Crippen molar-refractivity contribution in [1.82, 2.24) is 34.7 Å². The molecular weight excluding hydrogens is 490 g/mol. The number of hydrogen-bond donors (Lipinski definition) is 1. The van der Waals surface area contributed by atoms with Crippen LogP contribution in [0.1, 0.15) is 57.5 Å². The van der Waals surface area contributed by atoms with Crippen molar-refractivity contribution < 1.29 is 9.90 Å². The second kappa shape index (κ2) is 11.5. The Bertz CT molecular complexity index is 1350. The van der Waals surface area contributed by atoms with Gasteiger partial charge in [-0.3, -0.25) is 4.79 Å². The van der Waals surface area contributed by atoms with Crippen LogP contribution in [0.5, 0.6) is 0 Å². The quantitative estimate of drug-likeness (QED) is 0.347. The fourth-order valence-electron chi connectivity index (χ4n) is 5.60. The van der Waals surface area contributed by atoms with Crippen LogP contribution in [0.3, 0.4) is 0 Å². The first-order valence-corrected chi connectivity index (χ1v) is 13.6. The van der Waals surface area contributed by atoms with E-state index in [1.165, 1.54) is 11.1 Å². The van der Waals surface area contributed by atoms with Crippen molar-refractivity contribution in [2.45, 2.75) is 65.3 Å². The van der Waals surface area contributed by atoms with Crippen LogP contribution in [0.4, 0.5) is 0 Å². The lowest BCUT2D eigenvalue weighted by atomic mass is 9.84. The first kappa shape index (κ1) is 26.7. The van der Waals surface area contributed by atoms with Crippen LogP contribution in [0.2, 0.25) is 0 Å². The maximum Gasteiger partial charge on any atom is 0.246 e. The van der Waals surface area contributed by atoms with Crippen molar-refractivity contribution in [3.63, 3.8) is 0 Å². The molecule has 1 aliphatic carbocycles. The largest absolute Gasteiger partial charge is 0.393 e. The lowest BCUT2D eigenvalue weighted by Gasteiger charge is -2.41. The monoisotopic (exact) mass is 527 g/mol. The van der Waals surface area contributed by atoms with Gasteiger partial charge in [-0.25, -0.2) is 4.98 Å². The molecule has 4 aromatic rings. The third kappa shape index (κ3) is 6.25. The highest BCUT2D eigenvalue weighted by Gasteiger charge is 2.41. The molecule has 0 unspecified atom stereocenters. The van der Waals surface area contributed by atoms with Crippen molar-refractivity contribution in [1.29, 1.82) is 0 Å². The zero-order valence-corrected chi connectivity index (χ0v) is 22.9. The van der Waals surface area contributed by atoms with Gasteiger partial charge in [0.05, 0.1) is 17.8 Å². The molecule has 9 nitrogen and oxygen atoms in total. The van der Waals surface area contributed by atoms with E-state index in [0.29, 0.717) is 13.1 Å². The number of tetrazole rings is 1. The second-order valence-electron chi connectivity index (χ2n) is 11.5. The molecule has 0 bridgehead atoms. The minimum atomic E-state index is -0.422. The van der Waals surface area contributed by atoms with Crippen LogP contribution < -0.4 is 0 Å². The van der Waals surface area contributed by atoms with Gasteiger partial charge in [-0.2, -0.15) is 4.80 Å². The summed E-state index contributed by atoms with van der Waals surface area (Å²) in [5.41, 5.74) is 2.68. The van der Waals surface area contributed by atoms with Gasteiger partial charge >= 0.3 is 0 Å². The van der Waals surface area contributed by atoms with E-state index in [-0.39, 0.29) is 29.8 Å². The maximum absolute atomic E-state index is 14.0. The lowest BCUT2D eigenvalue weighted by Crippen LogP contribution is -2.47. The van der Waals surface area contributed by atoms with E-state index in [0.717, 1.165) is 41.9 Å². The molecule has 9 heteroatoms. The summed E-state index contributed by atoms with van der Waals surface area (Å²) >= 11 is 0. The SMILES string of the molecule is CC(C)(C)[C@H](c1nc(-c2ccccc2)cn1Cc1ccccc1)N(C[C@H]1CCC[C@@H]1O)C(=O)Cn1ncnn1. The standard InChI is InChI=1S/C30H37N7O2/c1-30(2,3)28(36(18-24-15-10-16-26(24)38)27(39)20-37-32-21-31-34-37)29-33-25(23-13-8-5-9-14-23)19-35(29)17-22-11-6-4-7-12-22/h4-9,11-14,19,21,24,26,28,38H,10,15-18,20H2,1-3H3/t24-,26+,28+/m1/s1. The lowest BCUT2D eigenvalue weighted by molar-refractivity contribution is -0.139. The van der Waals surface area contributed by atoms with E-state index >= 15 is 0 Å². The third-order valence-electron chi connectivity index (χ3n) is 7.49. The molecule has 3 atom stereocenters. The molecule has 2 heterocycles. The highest BCUT2D eigenvalue weighted by atomic mass is 16.3. The van der Waals surface area contributed by atoms with E-state index in [2.05, 4.69) is 71.2 Å². The molecule has 1 amide bonds. The topological polar surface area (TPSA) is 102 Å². The van der Waals surface area contributed by atoms with E-state index in [1.807, 2.05) is 41.3 Å². The number of nitrogens with zero attached hydrogens (tertiary/aromatic N) is 7. The number of carbonyl (C=O) groups excluding carboxylic acids is 1. The molecule has 0 radical (unpaired) electrons. The Balaban J connectivity index is 1.60. The second-order valence-corrected chi connectivity index (χ2v) is 11.5. The zero-order chi connectivity index (χ0) is 27.4. The number of carbonyl (C=O) groups is 1. The predicted octanol–water partition coefficient (Wildman–Crippen LogP) is 4.36. The van der Waals surface area contributed by atoms with Crippen LogP contribution >= 0.6 is 0 Å². The number of amides is 1. The molecule has 1 N–H and O–H groups in total. The van der Waals surface area contributed by atoms with Crippen LogP contribution in [0.25, 0.3) is 11.3 Å². The van der Waals surface area contributed by atoms with Crippen molar-refractivity contribution in [2.75, 3.05) is 6.54 Å². The summed E-state index contributed by atoms with van der Waals surface area (Å²) in [5, 5.41) is 22.5. The Hall–Kier alpha value is -3.85. The molecular formula is C30H37N7O2. The summed E-state index contributed by atoms with van der Waals surface area (Å²) in [6.07, 6.45) is 5.60. The van der Waals surface area contributed by atoms with Crippen LogP contribution in [0, 0.1) is 11.3 Å². The fraction of sp³-hybridized carbons (Fsp3) is 0.433. The Kier molecular flexibility index (Phi) is 7.88. The van der Waals surface area contributed by atoms with E-state index < -0.39 is 6.10 Å². The Morgan fingerprint density at radius 3 is 2.41 bits per heavy atom. The summed E-state index contributed by atoms with van der Waals surface area (Å²) in [4.78, 5) is 22.4. The van der Waals surface area contributed by atoms with Crippen molar-refractivity contribution in [3.05, 3.63) is 84.6 Å². The molecule has 2 aromatic heterocycles. The van der Waals surface area contributed by atoms with Gasteiger partial charge in [-0.1, -0.05) is 87.9 Å². The molecule has 204 valence electrons. The molecule has 1 saturated carbocycles. The first-order chi connectivity index (χ1) is 18.8. The maximum atomic E-state index is 14.0. The van der Waals surface area contributed by atoms with Crippen LogP contribution in [-0.2, 0) is 17.9 Å². The number of aromatic nitrogens is 6. The molecule has 0 spiro atoms. The van der Waals surface area contributed by atoms with Crippen molar-refractivity contribution in [2.24, 2.45) is 11.3 Å². The minimum absolute atomic E-state index is 0.00800. The molecule has 1 fully saturated rings. The van der Waals surface area contributed by atoms with Gasteiger partial charge in [-0.15, -0.1) is 10.2 Å². The average molecular weight is 528 g/mol. The van der Waals surface area contributed by atoms with Gasteiger partial charge in [0.2, 0.25) is 5.91 Å². The van der Waals surface area contributed by atoms with Gasteiger partial charge < -0.3 is 14.6 Å². The fourth-order valence-corrected chi connectivity index (χ4v) is 5.60. The van der Waals surface area contributed by atoms with Crippen LogP contribution in [-0.4, -0.2) is 58.3 Å². The summed E-state index contributed by atoms with van der Waals surface area (Å²) < 4.78 is 2.17. The Labute approximate surface area is 229 Å². The van der Waals surface area contributed by atoms with Gasteiger partial charge in [-0.05, 0) is 29.0 Å². The summed E-state index contributed by atoms with van der Waals surface area (Å²) in [6, 6.07) is 20.1. The molecule has 2 aromatic carbocycles. The minimum Gasteiger partial charge on any atom is -0.393 e. The Morgan fingerprint density at radius 1 is 1.08 bits per heavy atom. The summed E-state index contributed by atoms with van der Waals surface area (Å²) in [5.74, 6) is 0.703. The highest BCUT2D eigenvalue weighted by Crippen LogP contribution is 2.41. The third-order valence-corrected chi connectivity index (χ3v) is 7.49. The van der Waals surface area contributed by atoms with Gasteiger partial charge in [0, 0.05) is 30.8 Å². The molecule has 1 aliphatic rings. The molecule has 39 heavy (non-hydrogen) atoms. The first-order valence-electron chi connectivity index (χ1n) is 13.6. The predicted molar refractivity (Wildman–Crippen MR) is 148 cm³/mol. The smallest absolute Gasteiger partial charge is 0.246 e. The van der Waals surface area contributed by atoms with E-state index in [1.54, 1.807) is 0 Å². The summed E-state index contributed by atoms with van der Waals surface area (Å²) in [7, 11) is 0. The summed E-state index contributed by atoms with van der Waals surface area (Å²) in [6.45, 7) is 7.46. The molecule has 0 saturated heterocycles. The average Bonchev–Trinajstić information content (AvgIpc) is 3.67. The number of hydrogen-bond acceptors (Lipinski definition) is 6. The number of aliphatic hydroxyl groups excluding tert-OH is 1. The van der Waals surface area contributed by atoms with Gasteiger partial charge in [0.15, 0.2) is 6.33 Å². The number of imidazole rings is 1. The Morgan fingerprint density at radius 2 is 1.79 bits per heavy atom. The van der Waals surface area contributed by atoms with Crippen molar-refractivity contribution in [3.8, 4) is 11.3 Å². The number of rotatable bonds is 9. The highest BCUT2D eigenvalue weighted by molar-refractivity contribution is 5.76. The number of benzene rings is 2. The van der Waals surface area contributed by atoms with Gasteiger partial charge in [0.25, 0.3) is 0 Å². The van der Waals surface area contributed by atoms with Gasteiger partial charge in [0.1, 0.15) is 12.4 Å². The molecule has 0 aliphatic heterocycles.